The largest absolute Gasteiger partial charge is 0.494 e. The van der Waals surface area contributed by atoms with Crippen LogP contribution in [0.15, 0.2) is 67.1 Å². The maximum absolute atomic E-state index is 16.2. The van der Waals surface area contributed by atoms with Crippen LogP contribution >= 0.6 is 0 Å². The summed E-state index contributed by atoms with van der Waals surface area (Å²) in [6.07, 6.45) is 5.25. The van der Waals surface area contributed by atoms with Crippen molar-refractivity contribution in [3.8, 4) is 34.5 Å². The van der Waals surface area contributed by atoms with Crippen molar-refractivity contribution in [2.45, 2.75) is 17.9 Å². The molecule has 0 saturated heterocycles. The smallest absolute Gasteiger partial charge is 0.217 e. The maximum atomic E-state index is 16.2. The van der Waals surface area contributed by atoms with Gasteiger partial charge >= 0.3 is 0 Å². The first kappa shape index (κ1) is 29.7. The van der Waals surface area contributed by atoms with Crippen molar-refractivity contribution < 1.29 is 28.4 Å². The molecule has 4 rings (SSSR count). The molecule has 9 nitrogen and oxygen atoms in total. The molecule has 4 aromatic rings. The Morgan fingerprint density at radius 3 is 2.20 bits per heavy atom. The number of benzene rings is 1. The predicted octanol–water partition coefficient (Wildman–Crippen LogP) is 4.68. The Hall–Kier alpha value is -4.28. The molecule has 0 saturated carbocycles. The molecule has 0 bridgehead atoms. The first-order valence-electron chi connectivity index (χ1n) is 13.0. The van der Waals surface area contributed by atoms with Crippen LogP contribution in [0.3, 0.4) is 0 Å². The number of pyridine rings is 3. The number of hydrogen-bond donors (Lipinski definition) is 1. The molecule has 1 aromatic carbocycles. The van der Waals surface area contributed by atoms with E-state index in [1.807, 2.05) is 37.2 Å². The van der Waals surface area contributed by atoms with Gasteiger partial charge in [-0.2, -0.15) is 4.98 Å². The second-order valence-corrected chi connectivity index (χ2v) is 9.78. The summed E-state index contributed by atoms with van der Waals surface area (Å²) in [4.78, 5) is 15.1. The number of aromatic nitrogens is 3. The first-order valence-corrected chi connectivity index (χ1v) is 13.0. The van der Waals surface area contributed by atoms with E-state index in [1.54, 1.807) is 42.9 Å². The van der Waals surface area contributed by atoms with Crippen LogP contribution < -0.4 is 18.9 Å². The Bertz CT molecular complexity index is 1450. The molecular formula is C31H35FN4O5. The number of aliphatic hydroxyl groups is 1. The zero-order chi connectivity index (χ0) is 29.6. The lowest BCUT2D eigenvalue weighted by Gasteiger charge is -2.39. The molecule has 0 fully saturated rings. The van der Waals surface area contributed by atoms with E-state index < -0.39 is 17.3 Å². The highest BCUT2D eigenvalue weighted by atomic mass is 19.1. The minimum absolute atomic E-state index is 0.0442. The molecule has 0 amide bonds. The summed E-state index contributed by atoms with van der Waals surface area (Å²) in [6, 6.07) is 13.7. The summed E-state index contributed by atoms with van der Waals surface area (Å²) in [5.74, 6) is -0.870. The molecule has 0 aliphatic heterocycles. The molecule has 41 heavy (non-hydrogen) atoms. The Labute approximate surface area is 239 Å². The maximum Gasteiger partial charge on any atom is 0.217 e. The molecule has 0 spiro atoms. The minimum atomic E-state index is -1.73. The quantitative estimate of drug-likeness (QED) is 0.264. The average molecular weight is 563 g/mol. The molecule has 3 heterocycles. The molecule has 216 valence electrons. The van der Waals surface area contributed by atoms with Crippen LogP contribution in [-0.4, -0.2) is 74.0 Å². The molecule has 1 N–H and O–H groups in total. The highest BCUT2D eigenvalue weighted by Crippen LogP contribution is 2.49. The standard InChI is InChI=1S/C31H35FN4O5/c1-36(2)14-12-31(37,22-16-26(39-4)35-27(17-22)40-5)28(23-10-7-11-25(38-3)29(23)32)24-15-21(19-34-30(24)41-6)20-9-8-13-33-18-20/h7-11,13,15-19,28,37H,12,14H2,1-6H3/t28-,31-/m1/s1. The van der Waals surface area contributed by atoms with Gasteiger partial charge in [0.2, 0.25) is 17.6 Å². The van der Waals surface area contributed by atoms with E-state index in [0.29, 0.717) is 17.7 Å². The van der Waals surface area contributed by atoms with Gasteiger partial charge in [-0.25, -0.2) is 9.37 Å². The van der Waals surface area contributed by atoms with Gasteiger partial charge in [-0.05, 0) is 44.3 Å². The summed E-state index contributed by atoms with van der Waals surface area (Å²) < 4.78 is 38.2. The molecule has 3 aromatic heterocycles. The molecular weight excluding hydrogens is 527 g/mol. The third kappa shape index (κ3) is 6.23. The fourth-order valence-electron chi connectivity index (χ4n) is 4.92. The van der Waals surface area contributed by atoms with Crippen molar-refractivity contribution in [2.24, 2.45) is 0 Å². The van der Waals surface area contributed by atoms with Crippen molar-refractivity contribution in [3.63, 3.8) is 0 Å². The average Bonchev–Trinajstić information content (AvgIpc) is 3.01. The SMILES string of the molecule is COc1cc([C@](O)(CCN(C)C)[C@@H](c2cc(-c3cccnc3)cnc2OC)c2cccc(OC)c2F)cc(OC)n1. The van der Waals surface area contributed by atoms with Crippen LogP contribution in [0, 0.1) is 5.82 Å². The Morgan fingerprint density at radius 2 is 1.61 bits per heavy atom. The lowest BCUT2D eigenvalue weighted by atomic mass is 9.71. The zero-order valence-corrected chi connectivity index (χ0v) is 24.1. The summed E-state index contributed by atoms with van der Waals surface area (Å²) in [5, 5.41) is 12.9. The number of methoxy groups -OCH3 is 4. The van der Waals surface area contributed by atoms with E-state index in [1.165, 1.54) is 34.5 Å². The topological polar surface area (TPSA) is 99.1 Å². The third-order valence-electron chi connectivity index (χ3n) is 7.02. The summed E-state index contributed by atoms with van der Waals surface area (Å²) in [7, 11) is 9.66. The fourth-order valence-corrected chi connectivity index (χ4v) is 4.92. The molecule has 0 radical (unpaired) electrons. The van der Waals surface area contributed by atoms with Crippen molar-refractivity contribution in [1.29, 1.82) is 0 Å². The fraction of sp³-hybridized carbons (Fsp3) is 0.323. The van der Waals surface area contributed by atoms with E-state index >= 15 is 4.39 Å². The summed E-state index contributed by atoms with van der Waals surface area (Å²) in [5.41, 5.74) is 0.883. The van der Waals surface area contributed by atoms with Crippen molar-refractivity contribution in [2.75, 3.05) is 49.1 Å². The van der Waals surface area contributed by atoms with Crippen LogP contribution in [0.4, 0.5) is 4.39 Å². The van der Waals surface area contributed by atoms with Gasteiger partial charge in [-0.3, -0.25) is 4.98 Å². The highest BCUT2D eigenvalue weighted by molar-refractivity contribution is 5.64. The lowest BCUT2D eigenvalue weighted by Crippen LogP contribution is -2.38. The second kappa shape index (κ2) is 12.9. The molecule has 0 aliphatic rings. The first-order chi connectivity index (χ1) is 19.7. The van der Waals surface area contributed by atoms with E-state index in [9.17, 15) is 5.11 Å². The third-order valence-corrected chi connectivity index (χ3v) is 7.02. The Kier molecular flexibility index (Phi) is 9.36. The van der Waals surface area contributed by atoms with Crippen molar-refractivity contribution in [1.82, 2.24) is 19.9 Å². The van der Waals surface area contributed by atoms with Crippen LogP contribution in [0.2, 0.25) is 0 Å². The summed E-state index contributed by atoms with van der Waals surface area (Å²) >= 11 is 0. The molecule has 0 unspecified atom stereocenters. The Morgan fingerprint density at radius 1 is 0.878 bits per heavy atom. The van der Waals surface area contributed by atoms with Crippen LogP contribution in [0.25, 0.3) is 11.1 Å². The van der Waals surface area contributed by atoms with Gasteiger partial charge in [0.25, 0.3) is 0 Å². The van der Waals surface area contributed by atoms with Crippen molar-refractivity contribution in [3.05, 3.63) is 89.6 Å². The van der Waals surface area contributed by atoms with Gasteiger partial charge in [-0.15, -0.1) is 0 Å². The zero-order valence-electron chi connectivity index (χ0n) is 24.1. The molecule has 2 atom stereocenters. The van der Waals surface area contributed by atoms with Gasteiger partial charge in [0, 0.05) is 59.5 Å². The second-order valence-electron chi connectivity index (χ2n) is 9.78. The van der Waals surface area contributed by atoms with Gasteiger partial charge < -0.3 is 29.0 Å². The minimum Gasteiger partial charge on any atom is -0.494 e. The Balaban J connectivity index is 2.09. The number of rotatable bonds is 12. The van der Waals surface area contributed by atoms with Gasteiger partial charge in [-0.1, -0.05) is 18.2 Å². The molecule has 0 aliphatic carbocycles. The van der Waals surface area contributed by atoms with Crippen LogP contribution in [0.5, 0.6) is 23.4 Å². The molecule has 10 heteroatoms. The van der Waals surface area contributed by atoms with E-state index in [0.717, 1.165) is 11.1 Å². The lowest BCUT2D eigenvalue weighted by molar-refractivity contribution is 0.00229. The van der Waals surface area contributed by atoms with Crippen molar-refractivity contribution >= 4 is 0 Å². The van der Waals surface area contributed by atoms with Crippen LogP contribution in [-0.2, 0) is 5.60 Å². The summed E-state index contributed by atoms with van der Waals surface area (Å²) in [6.45, 7) is 0.462. The normalized spacial score (nSPS) is 13.4. The number of nitrogens with zero attached hydrogens (tertiary/aromatic N) is 4. The predicted molar refractivity (Wildman–Crippen MR) is 153 cm³/mol. The van der Waals surface area contributed by atoms with E-state index in [2.05, 4.69) is 15.0 Å². The van der Waals surface area contributed by atoms with Gasteiger partial charge in [0.15, 0.2) is 11.6 Å². The van der Waals surface area contributed by atoms with Gasteiger partial charge in [0.05, 0.1) is 34.4 Å². The monoisotopic (exact) mass is 562 g/mol. The number of halogens is 1. The van der Waals surface area contributed by atoms with Gasteiger partial charge in [0.1, 0.15) is 5.60 Å². The number of hydrogen-bond acceptors (Lipinski definition) is 9. The van der Waals surface area contributed by atoms with E-state index in [-0.39, 0.29) is 35.4 Å². The highest BCUT2D eigenvalue weighted by Gasteiger charge is 2.44. The number of ether oxygens (including phenoxy) is 4. The van der Waals surface area contributed by atoms with Crippen LogP contribution in [0.1, 0.15) is 29.0 Å². The van der Waals surface area contributed by atoms with E-state index in [4.69, 9.17) is 18.9 Å².